The average Bonchev–Trinajstić information content (AvgIpc) is 2.67. The maximum atomic E-state index is 13.0. The monoisotopic (exact) mass is 208 g/mol. The Bertz CT molecular complexity index is 386. The van der Waals surface area contributed by atoms with Gasteiger partial charge < -0.3 is 5.73 Å². The summed E-state index contributed by atoms with van der Waals surface area (Å²) in [6, 6.07) is 1.36. The lowest BCUT2D eigenvalue weighted by atomic mass is 9.79. The zero-order valence-corrected chi connectivity index (χ0v) is 8.37. The lowest BCUT2D eigenvalue weighted by molar-refractivity contribution is -0.123. The maximum absolute atomic E-state index is 13.0. The molecule has 1 aromatic rings. The molecule has 0 spiro atoms. The molecule has 1 fully saturated rings. The van der Waals surface area contributed by atoms with Crippen LogP contribution < -0.4 is 5.73 Å². The molecule has 0 bridgehead atoms. The molecule has 1 aromatic heterocycles. The van der Waals surface area contributed by atoms with E-state index in [1.807, 2.05) is 0 Å². The van der Waals surface area contributed by atoms with Crippen LogP contribution in [-0.4, -0.2) is 10.9 Å². The van der Waals surface area contributed by atoms with Gasteiger partial charge in [0.25, 0.3) is 0 Å². The van der Waals surface area contributed by atoms with Crippen molar-refractivity contribution in [3.63, 3.8) is 0 Å². The molecule has 3 nitrogen and oxygen atoms in total. The van der Waals surface area contributed by atoms with E-state index in [2.05, 4.69) is 4.98 Å². The molecule has 0 aliphatic heterocycles. The molecule has 0 aromatic carbocycles. The molecule has 1 amide bonds. The first-order valence-corrected chi connectivity index (χ1v) is 5.06. The highest BCUT2D eigenvalue weighted by Gasteiger charge is 2.41. The number of carbonyl (C=O) groups excluding carboxylic acids is 1. The minimum Gasteiger partial charge on any atom is -0.369 e. The lowest BCUT2D eigenvalue weighted by Crippen LogP contribution is -2.38. The Morgan fingerprint density at radius 3 is 2.60 bits per heavy atom. The summed E-state index contributed by atoms with van der Waals surface area (Å²) >= 11 is 0. The molecular formula is C11H13FN2O. The fraction of sp³-hybridized carbons (Fsp3) is 0.455. The minimum atomic E-state index is -0.685. The Hall–Kier alpha value is -1.45. The van der Waals surface area contributed by atoms with Crippen LogP contribution in [0.5, 0.6) is 0 Å². The third kappa shape index (κ3) is 1.60. The lowest BCUT2D eigenvalue weighted by Gasteiger charge is -2.25. The smallest absolute Gasteiger partial charge is 0.228 e. The van der Waals surface area contributed by atoms with Gasteiger partial charge in [-0.1, -0.05) is 12.8 Å². The number of hydrogen-bond donors (Lipinski definition) is 1. The number of halogens is 1. The van der Waals surface area contributed by atoms with Crippen LogP contribution >= 0.6 is 0 Å². The van der Waals surface area contributed by atoms with Crippen molar-refractivity contribution >= 4 is 5.91 Å². The first kappa shape index (κ1) is 10.1. The normalized spacial score (nSPS) is 19.0. The van der Waals surface area contributed by atoms with Crippen molar-refractivity contribution in [2.45, 2.75) is 31.1 Å². The summed E-state index contributed by atoms with van der Waals surface area (Å²) in [5.41, 5.74) is 5.36. The van der Waals surface area contributed by atoms with Crippen LogP contribution in [0.25, 0.3) is 0 Å². The summed E-state index contributed by atoms with van der Waals surface area (Å²) in [4.78, 5) is 15.3. The van der Waals surface area contributed by atoms with Crippen molar-refractivity contribution in [3.8, 4) is 0 Å². The Kier molecular flexibility index (Phi) is 2.42. The van der Waals surface area contributed by atoms with Crippen LogP contribution in [0.2, 0.25) is 0 Å². The highest BCUT2D eigenvalue weighted by atomic mass is 19.1. The van der Waals surface area contributed by atoms with E-state index in [1.54, 1.807) is 6.20 Å². The predicted octanol–water partition coefficient (Wildman–Crippen LogP) is 1.52. The second-order valence-corrected chi connectivity index (χ2v) is 4.05. The highest BCUT2D eigenvalue weighted by molar-refractivity contribution is 5.86. The van der Waals surface area contributed by atoms with E-state index in [4.69, 9.17) is 5.73 Å². The molecule has 1 aliphatic carbocycles. The van der Waals surface area contributed by atoms with Crippen molar-refractivity contribution in [2.75, 3.05) is 0 Å². The molecule has 1 heterocycles. The fourth-order valence-corrected chi connectivity index (χ4v) is 2.33. The van der Waals surface area contributed by atoms with E-state index in [9.17, 15) is 9.18 Å². The Morgan fingerprint density at radius 1 is 1.40 bits per heavy atom. The summed E-state index contributed by atoms with van der Waals surface area (Å²) < 4.78 is 13.0. The van der Waals surface area contributed by atoms with Crippen molar-refractivity contribution in [3.05, 3.63) is 29.8 Å². The topological polar surface area (TPSA) is 56.0 Å². The third-order valence-corrected chi connectivity index (χ3v) is 3.19. The number of aromatic nitrogens is 1. The van der Waals surface area contributed by atoms with Crippen LogP contribution in [0.1, 0.15) is 31.2 Å². The van der Waals surface area contributed by atoms with Gasteiger partial charge in [-0.25, -0.2) is 4.39 Å². The number of pyridine rings is 1. The number of nitrogens with zero attached hydrogens (tertiary/aromatic N) is 1. The number of carbonyl (C=O) groups is 1. The van der Waals surface area contributed by atoms with Gasteiger partial charge in [-0.15, -0.1) is 0 Å². The zero-order valence-electron chi connectivity index (χ0n) is 8.37. The zero-order chi connectivity index (χ0) is 10.9. The van der Waals surface area contributed by atoms with Crippen LogP contribution in [-0.2, 0) is 10.2 Å². The average molecular weight is 208 g/mol. The van der Waals surface area contributed by atoms with E-state index in [0.29, 0.717) is 18.4 Å². The standard InChI is InChI=1S/C11H13FN2O/c12-9-5-8(6-14-7-9)11(10(13)15)3-1-2-4-11/h5-7H,1-4H2,(H2,13,15). The molecule has 80 valence electrons. The number of nitrogens with two attached hydrogens (primary N) is 1. The van der Waals surface area contributed by atoms with Gasteiger partial charge in [0.05, 0.1) is 11.6 Å². The van der Waals surface area contributed by atoms with Gasteiger partial charge in [0.15, 0.2) is 0 Å². The summed E-state index contributed by atoms with van der Waals surface area (Å²) in [7, 11) is 0. The molecular weight excluding hydrogens is 195 g/mol. The number of primary amides is 1. The van der Waals surface area contributed by atoms with E-state index in [0.717, 1.165) is 19.0 Å². The second-order valence-electron chi connectivity index (χ2n) is 4.05. The van der Waals surface area contributed by atoms with Crippen molar-refractivity contribution in [1.82, 2.24) is 4.98 Å². The molecule has 0 radical (unpaired) electrons. The summed E-state index contributed by atoms with van der Waals surface area (Å²) in [6.07, 6.45) is 5.99. The summed E-state index contributed by atoms with van der Waals surface area (Å²) in [6.45, 7) is 0. The van der Waals surface area contributed by atoms with Gasteiger partial charge in [-0.2, -0.15) is 0 Å². The van der Waals surface area contributed by atoms with E-state index >= 15 is 0 Å². The van der Waals surface area contributed by atoms with E-state index in [1.165, 1.54) is 6.07 Å². The van der Waals surface area contributed by atoms with Gasteiger partial charge in [0.2, 0.25) is 5.91 Å². The third-order valence-electron chi connectivity index (χ3n) is 3.19. The van der Waals surface area contributed by atoms with Gasteiger partial charge >= 0.3 is 0 Å². The largest absolute Gasteiger partial charge is 0.369 e. The number of rotatable bonds is 2. The van der Waals surface area contributed by atoms with E-state index < -0.39 is 11.2 Å². The number of hydrogen-bond acceptors (Lipinski definition) is 2. The van der Waals surface area contributed by atoms with Gasteiger partial charge in [-0.05, 0) is 24.5 Å². The highest BCUT2D eigenvalue weighted by Crippen LogP contribution is 2.40. The summed E-state index contributed by atoms with van der Waals surface area (Å²) in [5.74, 6) is -0.785. The molecule has 1 aliphatic rings. The van der Waals surface area contributed by atoms with Crippen molar-refractivity contribution < 1.29 is 9.18 Å². The molecule has 2 rings (SSSR count). The van der Waals surface area contributed by atoms with E-state index in [-0.39, 0.29) is 5.91 Å². The summed E-state index contributed by atoms with van der Waals surface area (Å²) in [5, 5.41) is 0. The quantitative estimate of drug-likeness (QED) is 0.801. The molecule has 1 saturated carbocycles. The van der Waals surface area contributed by atoms with Gasteiger partial charge in [0, 0.05) is 6.20 Å². The Balaban J connectivity index is 2.45. The van der Waals surface area contributed by atoms with Crippen molar-refractivity contribution in [2.24, 2.45) is 5.73 Å². The molecule has 0 unspecified atom stereocenters. The molecule has 2 N–H and O–H groups in total. The first-order valence-electron chi connectivity index (χ1n) is 5.06. The Labute approximate surface area is 87.5 Å². The van der Waals surface area contributed by atoms with Gasteiger partial charge in [0.1, 0.15) is 5.82 Å². The van der Waals surface area contributed by atoms with Crippen LogP contribution in [0.3, 0.4) is 0 Å². The second kappa shape index (κ2) is 3.61. The fourth-order valence-electron chi connectivity index (χ4n) is 2.33. The molecule has 15 heavy (non-hydrogen) atoms. The Morgan fingerprint density at radius 2 is 2.07 bits per heavy atom. The predicted molar refractivity (Wildman–Crippen MR) is 53.5 cm³/mol. The van der Waals surface area contributed by atoms with Gasteiger partial charge in [-0.3, -0.25) is 9.78 Å². The first-order chi connectivity index (χ1) is 7.15. The minimum absolute atomic E-state index is 0.368. The molecule has 4 heteroatoms. The molecule has 0 saturated heterocycles. The van der Waals surface area contributed by atoms with Crippen LogP contribution in [0.4, 0.5) is 4.39 Å². The SMILES string of the molecule is NC(=O)C1(c2cncc(F)c2)CCCC1. The van der Waals surface area contributed by atoms with Crippen molar-refractivity contribution in [1.29, 1.82) is 0 Å². The molecule has 0 atom stereocenters. The van der Waals surface area contributed by atoms with Crippen LogP contribution in [0.15, 0.2) is 18.5 Å². The maximum Gasteiger partial charge on any atom is 0.228 e. The number of amides is 1. The van der Waals surface area contributed by atoms with Crippen LogP contribution in [0, 0.1) is 5.82 Å².